The smallest absolute Gasteiger partial charge is 0.326 e. The van der Waals surface area contributed by atoms with Crippen LogP contribution >= 0.6 is 0 Å². The lowest BCUT2D eigenvalue weighted by atomic mass is 9.87. The molecule has 1 aliphatic heterocycles. The predicted molar refractivity (Wildman–Crippen MR) is 100 cm³/mol. The van der Waals surface area contributed by atoms with Gasteiger partial charge in [-0.2, -0.15) is 13.7 Å². The van der Waals surface area contributed by atoms with Gasteiger partial charge in [-0.05, 0) is 37.8 Å². The van der Waals surface area contributed by atoms with E-state index in [-0.39, 0.29) is 23.2 Å². The van der Waals surface area contributed by atoms with Gasteiger partial charge in [0.1, 0.15) is 18.0 Å². The first-order valence-corrected chi connectivity index (χ1v) is 10.5. The number of carbonyl (C=O) groups is 1. The van der Waals surface area contributed by atoms with E-state index in [0.29, 0.717) is 4.31 Å². The average Bonchev–Trinajstić information content (AvgIpc) is 3.26. The molecular weight excluding hydrogens is 401 g/mol. The molecule has 2 N–H and O–H groups in total. The molecular formula is C18H18FN5O4S. The number of halogens is 1. The van der Waals surface area contributed by atoms with Crippen LogP contribution in [0.25, 0.3) is 11.3 Å². The minimum atomic E-state index is -4.27. The fourth-order valence-corrected chi connectivity index (χ4v) is 4.98. The molecule has 1 saturated carbocycles. The Balaban J connectivity index is 1.67. The van der Waals surface area contributed by atoms with Crippen LogP contribution in [0.5, 0.6) is 5.75 Å². The van der Waals surface area contributed by atoms with E-state index in [1.54, 1.807) is 17.2 Å². The molecule has 1 aliphatic carbocycles. The van der Waals surface area contributed by atoms with Crippen molar-refractivity contribution < 1.29 is 22.7 Å². The molecule has 9 nitrogen and oxygen atoms in total. The Bertz CT molecular complexity index is 1120. The third-order valence-corrected chi connectivity index (χ3v) is 6.72. The number of amides is 1. The lowest BCUT2D eigenvalue weighted by molar-refractivity contribution is -0.117. The average molecular weight is 419 g/mol. The van der Waals surface area contributed by atoms with Crippen LogP contribution in [0, 0.1) is 23.1 Å². The number of anilines is 1. The van der Waals surface area contributed by atoms with Gasteiger partial charge < -0.3 is 9.67 Å². The van der Waals surface area contributed by atoms with Gasteiger partial charge in [0.05, 0.1) is 18.1 Å². The van der Waals surface area contributed by atoms with Gasteiger partial charge >= 0.3 is 10.2 Å². The zero-order valence-corrected chi connectivity index (χ0v) is 16.1. The third kappa shape index (κ3) is 3.40. The zero-order valence-electron chi connectivity index (χ0n) is 15.2. The maximum Gasteiger partial charge on any atom is 0.326 e. The van der Waals surface area contributed by atoms with E-state index in [0.717, 1.165) is 25.7 Å². The minimum absolute atomic E-state index is 0.0109. The number of phenolic OH excluding ortho intramolecular Hbond substituents is 1. The maximum atomic E-state index is 15.2. The highest BCUT2D eigenvalue weighted by molar-refractivity contribution is 7.92. The van der Waals surface area contributed by atoms with Crippen LogP contribution in [-0.2, 0) is 15.0 Å². The molecule has 152 valence electrons. The molecule has 2 heterocycles. The molecule has 4 rings (SSSR count). The van der Waals surface area contributed by atoms with E-state index in [9.17, 15) is 18.3 Å². The quantitative estimate of drug-likeness (QED) is 0.781. The van der Waals surface area contributed by atoms with Crippen molar-refractivity contribution in [3.8, 4) is 23.1 Å². The summed E-state index contributed by atoms with van der Waals surface area (Å²) in [6.45, 7) is -0.618. The van der Waals surface area contributed by atoms with E-state index >= 15 is 4.39 Å². The standard InChI is InChI=1S/C18H18FN5O4S/c19-17-13(5-6-15(25)18(17)24-9-16(26)22-29(24,27)28)14-8-23(10-21-14)12-3-1-11(7-20)2-4-12/h5-6,8,10-12,25H,1-4,9H2,(H,22,26)/t11-,12-. The molecule has 0 atom stereocenters. The first-order chi connectivity index (χ1) is 13.8. The summed E-state index contributed by atoms with van der Waals surface area (Å²) in [6, 6.07) is 4.92. The number of benzene rings is 1. The molecule has 0 bridgehead atoms. The molecule has 1 aromatic carbocycles. The van der Waals surface area contributed by atoms with Crippen molar-refractivity contribution in [3.05, 3.63) is 30.5 Å². The normalized spacial score (nSPS) is 23.6. The van der Waals surface area contributed by atoms with Crippen molar-refractivity contribution in [1.29, 1.82) is 5.26 Å². The number of hydrogen-bond donors (Lipinski definition) is 2. The maximum absolute atomic E-state index is 15.2. The van der Waals surface area contributed by atoms with Gasteiger partial charge in [-0.1, -0.05) is 0 Å². The molecule has 2 fully saturated rings. The summed E-state index contributed by atoms with van der Waals surface area (Å²) in [5.74, 6) is -2.33. The Morgan fingerprint density at radius 3 is 2.62 bits per heavy atom. The fourth-order valence-electron chi connectivity index (χ4n) is 3.81. The number of aromatic nitrogens is 2. The highest BCUT2D eigenvalue weighted by Crippen LogP contribution is 2.39. The van der Waals surface area contributed by atoms with Crippen molar-refractivity contribution in [1.82, 2.24) is 14.3 Å². The summed E-state index contributed by atoms with van der Waals surface area (Å²) in [5, 5.41) is 19.1. The molecule has 1 aromatic heterocycles. The lowest BCUT2D eigenvalue weighted by Gasteiger charge is -2.25. The molecule has 11 heteroatoms. The highest BCUT2D eigenvalue weighted by atomic mass is 32.2. The van der Waals surface area contributed by atoms with Gasteiger partial charge in [-0.3, -0.25) is 4.79 Å². The van der Waals surface area contributed by atoms with Gasteiger partial charge in [0, 0.05) is 23.7 Å². The van der Waals surface area contributed by atoms with Crippen molar-refractivity contribution in [2.75, 3.05) is 10.8 Å². The number of rotatable bonds is 3. The molecule has 0 spiro atoms. The fraction of sp³-hybridized carbons (Fsp3) is 0.389. The second kappa shape index (κ2) is 7.04. The Hall–Kier alpha value is -3.13. The molecule has 29 heavy (non-hydrogen) atoms. The number of imidazole rings is 1. The van der Waals surface area contributed by atoms with Crippen LogP contribution in [0.2, 0.25) is 0 Å². The van der Waals surface area contributed by atoms with Crippen LogP contribution in [0.15, 0.2) is 24.7 Å². The van der Waals surface area contributed by atoms with E-state index in [1.165, 1.54) is 12.1 Å². The van der Waals surface area contributed by atoms with Crippen molar-refractivity contribution in [3.63, 3.8) is 0 Å². The molecule has 0 unspecified atom stereocenters. The number of nitrogens with one attached hydrogen (secondary N) is 1. The van der Waals surface area contributed by atoms with Crippen molar-refractivity contribution >= 4 is 21.8 Å². The van der Waals surface area contributed by atoms with Crippen LogP contribution in [0.4, 0.5) is 10.1 Å². The van der Waals surface area contributed by atoms with Gasteiger partial charge in [0.15, 0.2) is 5.82 Å². The monoisotopic (exact) mass is 419 g/mol. The lowest BCUT2D eigenvalue weighted by Crippen LogP contribution is -2.30. The highest BCUT2D eigenvalue weighted by Gasteiger charge is 2.38. The van der Waals surface area contributed by atoms with Crippen molar-refractivity contribution in [2.45, 2.75) is 31.7 Å². The second-order valence-corrected chi connectivity index (χ2v) is 8.77. The summed E-state index contributed by atoms with van der Waals surface area (Å²) >= 11 is 0. The minimum Gasteiger partial charge on any atom is -0.506 e. The largest absolute Gasteiger partial charge is 0.506 e. The second-order valence-electron chi connectivity index (χ2n) is 7.17. The molecule has 0 radical (unpaired) electrons. The zero-order chi connectivity index (χ0) is 20.8. The van der Waals surface area contributed by atoms with Crippen LogP contribution in [-0.4, -0.2) is 35.5 Å². The van der Waals surface area contributed by atoms with Crippen molar-refractivity contribution in [2.24, 2.45) is 5.92 Å². The summed E-state index contributed by atoms with van der Waals surface area (Å²) in [7, 11) is -4.27. The van der Waals surface area contributed by atoms with Crippen LogP contribution in [0.3, 0.4) is 0 Å². The SMILES string of the molecule is N#C[C@H]1CC[C@H](n2cnc(-c3ccc(O)c(N4CC(=O)NS4(=O)=O)c3F)c2)CC1. The number of aromatic hydroxyl groups is 1. The Morgan fingerprint density at radius 2 is 2.00 bits per heavy atom. The number of carbonyl (C=O) groups excluding carboxylic acids is 1. The number of nitrogens with zero attached hydrogens (tertiary/aromatic N) is 4. The number of hydrogen-bond acceptors (Lipinski definition) is 6. The van der Waals surface area contributed by atoms with Crippen LogP contribution in [0.1, 0.15) is 31.7 Å². The number of phenols is 1. The Morgan fingerprint density at radius 1 is 1.28 bits per heavy atom. The first kappa shape index (κ1) is 19.2. The molecule has 1 saturated heterocycles. The van der Waals surface area contributed by atoms with Gasteiger partial charge in [-0.25, -0.2) is 18.4 Å². The van der Waals surface area contributed by atoms with Gasteiger partial charge in [0.25, 0.3) is 5.91 Å². The van der Waals surface area contributed by atoms with E-state index in [4.69, 9.17) is 5.26 Å². The summed E-state index contributed by atoms with van der Waals surface area (Å²) in [6.07, 6.45) is 6.46. The molecule has 2 aromatic rings. The molecule has 2 aliphatic rings. The van der Waals surface area contributed by atoms with Crippen LogP contribution < -0.4 is 9.03 Å². The predicted octanol–water partition coefficient (Wildman–Crippen LogP) is 1.83. The summed E-state index contributed by atoms with van der Waals surface area (Å²) < 4.78 is 43.4. The summed E-state index contributed by atoms with van der Waals surface area (Å²) in [5.41, 5.74) is -0.302. The number of nitriles is 1. The topological polar surface area (TPSA) is 128 Å². The van der Waals surface area contributed by atoms with E-state index in [1.807, 2.05) is 4.57 Å². The Labute approximate surface area is 166 Å². The van der Waals surface area contributed by atoms with E-state index in [2.05, 4.69) is 11.1 Å². The van der Waals surface area contributed by atoms with Gasteiger partial charge in [0.2, 0.25) is 0 Å². The first-order valence-electron chi connectivity index (χ1n) is 9.08. The third-order valence-electron chi connectivity index (χ3n) is 5.34. The van der Waals surface area contributed by atoms with E-state index < -0.39 is 39.9 Å². The Kier molecular flexibility index (Phi) is 4.66. The molecule has 1 amide bonds. The summed E-state index contributed by atoms with van der Waals surface area (Å²) in [4.78, 5) is 15.7. The van der Waals surface area contributed by atoms with Gasteiger partial charge in [-0.15, -0.1) is 0 Å².